The summed E-state index contributed by atoms with van der Waals surface area (Å²) in [6.07, 6.45) is 0.936. The van der Waals surface area contributed by atoms with Crippen molar-refractivity contribution in [2.75, 3.05) is 12.4 Å². The van der Waals surface area contributed by atoms with Crippen LogP contribution in [0.5, 0.6) is 0 Å². The predicted octanol–water partition coefficient (Wildman–Crippen LogP) is 5.40. The molecule has 0 radical (unpaired) electrons. The van der Waals surface area contributed by atoms with Crippen molar-refractivity contribution in [1.82, 2.24) is 4.98 Å². The summed E-state index contributed by atoms with van der Waals surface area (Å²) in [5, 5.41) is 4.40. The molecule has 5 heteroatoms. The zero-order chi connectivity index (χ0) is 18.0. The highest BCUT2D eigenvalue weighted by Gasteiger charge is 2.13. The van der Waals surface area contributed by atoms with Crippen molar-refractivity contribution in [3.8, 4) is 0 Å². The number of halogens is 1. The highest BCUT2D eigenvalue weighted by Crippen LogP contribution is 2.29. The Bertz CT molecular complexity index is 954. The van der Waals surface area contributed by atoms with E-state index in [1.807, 2.05) is 31.2 Å². The second-order valence-electron chi connectivity index (χ2n) is 5.84. The largest absolute Gasteiger partial charge is 0.464 e. The molecule has 0 saturated carbocycles. The summed E-state index contributed by atoms with van der Waals surface area (Å²) in [6.45, 7) is 4.15. The number of pyridine rings is 1. The molecular formula is C20H19BrN2O2. The summed E-state index contributed by atoms with van der Waals surface area (Å²) in [4.78, 5) is 16.4. The number of carbonyl (C=O) groups excluding carboxylic acids is 1. The number of ether oxygens (including phenoxy) is 1. The highest BCUT2D eigenvalue weighted by molar-refractivity contribution is 9.10. The van der Waals surface area contributed by atoms with Gasteiger partial charge in [-0.15, -0.1) is 0 Å². The SMILES string of the molecule is CCc1ccc2nc(C(=O)OC)cc(Nc3ccc(Br)c(C)c3)c2c1. The molecule has 0 aliphatic carbocycles. The summed E-state index contributed by atoms with van der Waals surface area (Å²) >= 11 is 3.51. The van der Waals surface area contributed by atoms with E-state index in [2.05, 4.69) is 45.3 Å². The number of hydrogen-bond acceptors (Lipinski definition) is 4. The van der Waals surface area contributed by atoms with Gasteiger partial charge in [0.05, 0.1) is 18.3 Å². The number of methoxy groups -OCH3 is 1. The molecule has 0 fully saturated rings. The van der Waals surface area contributed by atoms with E-state index in [0.29, 0.717) is 0 Å². The number of hydrogen-bond donors (Lipinski definition) is 1. The molecule has 0 spiro atoms. The van der Waals surface area contributed by atoms with Gasteiger partial charge in [-0.25, -0.2) is 9.78 Å². The van der Waals surface area contributed by atoms with E-state index >= 15 is 0 Å². The minimum Gasteiger partial charge on any atom is -0.464 e. The Balaban J connectivity index is 2.14. The fraction of sp³-hybridized carbons (Fsp3) is 0.200. The Morgan fingerprint density at radius 1 is 1.20 bits per heavy atom. The summed E-state index contributed by atoms with van der Waals surface area (Å²) in [5.74, 6) is -0.448. The quantitative estimate of drug-likeness (QED) is 0.597. The summed E-state index contributed by atoms with van der Waals surface area (Å²) < 4.78 is 5.89. The lowest BCUT2D eigenvalue weighted by molar-refractivity contribution is 0.0594. The second kappa shape index (κ2) is 7.23. The van der Waals surface area contributed by atoms with Crippen molar-refractivity contribution in [2.45, 2.75) is 20.3 Å². The lowest BCUT2D eigenvalue weighted by Gasteiger charge is -2.13. The molecule has 3 rings (SSSR count). The van der Waals surface area contributed by atoms with E-state index in [4.69, 9.17) is 4.74 Å². The lowest BCUT2D eigenvalue weighted by Crippen LogP contribution is -2.06. The average molecular weight is 399 g/mol. The summed E-state index contributed by atoms with van der Waals surface area (Å²) in [6, 6.07) is 13.9. The molecule has 1 N–H and O–H groups in total. The maximum absolute atomic E-state index is 12.0. The minimum atomic E-state index is -0.448. The smallest absolute Gasteiger partial charge is 0.356 e. The summed E-state index contributed by atoms with van der Waals surface area (Å²) in [5.41, 5.74) is 5.18. The molecule has 0 amide bonds. The molecule has 25 heavy (non-hydrogen) atoms. The van der Waals surface area contributed by atoms with Crippen LogP contribution in [0.3, 0.4) is 0 Å². The van der Waals surface area contributed by atoms with E-state index in [1.165, 1.54) is 12.7 Å². The van der Waals surface area contributed by atoms with Crippen LogP contribution in [-0.2, 0) is 11.2 Å². The van der Waals surface area contributed by atoms with Gasteiger partial charge in [-0.1, -0.05) is 28.9 Å². The molecule has 2 aromatic carbocycles. The Morgan fingerprint density at radius 3 is 2.68 bits per heavy atom. The monoisotopic (exact) mass is 398 g/mol. The van der Waals surface area contributed by atoms with Crippen LogP contribution in [-0.4, -0.2) is 18.1 Å². The van der Waals surface area contributed by atoms with E-state index in [9.17, 15) is 4.79 Å². The Kier molecular flexibility index (Phi) is 5.04. The van der Waals surface area contributed by atoms with Crippen LogP contribution in [0.2, 0.25) is 0 Å². The zero-order valence-corrected chi connectivity index (χ0v) is 16.0. The van der Waals surface area contributed by atoms with E-state index in [-0.39, 0.29) is 5.69 Å². The van der Waals surface area contributed by atoms with Gasteiger partial charge in [0.1, 0.15) is 0 Å². The van der Waals surface area contributed by atoms with Crippen LogP contribution in [0.4, 0.5) is 11.4 Å². The predicted molar refractivity (Wildman–Crippen MR) is 105 cm³/mol. The maximum Gasteiger partial charge on any atom is 0.356 e. The zero-order valence-electron chi connectivity index (χ0n) is 14.4. The molecule has 0 aliphatic rings. The Hall–Kier alpha value is -2.40. The number of aryl methyl sites for hydroxylation is 2. The molecule has 1 aromatic heterocycles. The Morgan fingerprint density at radius 2 is 2.00 bits per heavy atom. The molecular weight excluding hydrogens is 380 g/mol. The topological polar surface area (TPSA) is 51.2 Å². The first kappa shape index (κ1) is 17.4. The fourth-order valence-corrected chi connectivity index (χ4v) is 2.93. The van der Waals surface area contributed by atoms with Gasteiger partial charge in [0, 0.05) is 15.5 Å². The number of rotatable bonds is 4. The van der Waals surface area contributed by atoms with Crippen molar-refractivity contribution < 1.29 is 9.53 Å². The molecule has 0 saturated heterocycles. The van der Waals surface area contributed by atoms with Crippen molar-refractivity contribution in [2.24, 2.45) is 0 Å². The van der Waals surface area contributed by atoms with Crippen LogP contribution >= 0.6 is 15.9 Å². The van der Waals surface area contributed by atoms with Gasteiger partial charge >= 0.3 is 5.97 Å². The third kappa shape index (κ3) is 3.66. The number of anilines is 2. The average Bonchev–Trinajstić information content (AvgIpc) is 2.63. The van der Waals surface area contributed by atoms with Crippen LogP contribution in [0.15, 0.2) is 46.9 Å². The number of esters is 1. The van der Waals surface area contributed by atoms with Gasteiger partial charge in [-0.2, -0.15) is 0 Å². The molecule has 1 heterocycles. The van der Waals surface area contributed by atoms with Crippen LogP contribution < -0.4 is 5.32 Å². The van der Waals surface area contributed by atoms with E-state index in [0.717, 1.165) is 38.7 Å². The molecule has 3 aromatic rings. The fourth-order valence-electron chi connectivity index (χ4n) is 2.68. The first-order chi connectivity index (χ1) is 12.0. The van der Waals surface area contributed by atoms with Crippen molar-refractivity contribution >= 4 is 44.2 Å². The maximum atomic E-state index is 12.0. The number of nitrogens with zero attached hydrogens (tertiary/aromatic N) is 1. The van der Waals surface area contributed by atoms with E-state index < -0.39 is 5.97 Å². The molecule has 0 aliphatic heterocycles. The van der Waals surface area contributed by atoms with Crippen molar-refractivity contribution in [3.63, 3.8) is 0 Å². The van der Waals surface area contributed by atoms with Gasteiger partial charge < -0.3 is 10.1 Å². The standard InChI is InChI=1S/C20H19BrN2O2/c1-4-13-5-8-17-15(10-13)18(11-19(23-17)20(24)25-3)22-14-6-7-16(21)12(2)9-14/h5-11H,4H2,1-3H3,(H,22,23). The van der Waals surface area contributed by atoms with Crippen LogP contribution in [0.25, 0.3) is 10.9 Å². The molecule has 0 atom stereocenters. The third-order valence-corrected chi connectivity index (χ3v) is 5.00. The van der Waals surface area contributed by atoms with Gasteiger partial charge in [-0.3, -0.25) is 0 Å². The Labute approximate surface area is 155 Å². The third-order valence-electron chi connectivity index (χ3n) is 4.11. The second-order valence-corrected chi connectivity index (χ2v) is 6.69. The van der Waals surface area contributed by atoms with Gasteiger partial charge in [0.15, 0.2) is 5.69 Å². The molecule has 4 nitrogen and oxygen atoms in total. The molecule has 0 unspecified atom stereocenters. The van der Waals surface area contributed by atoms with Crippen molar-refractivity contribution in [3.05, 3.63) is 63.8 Å². The number of carbonyl (C=O) groups is 1. The first-order valence-corrected chi connectivity index (χ1v) is 8.86. The number of benzene rings is 2. The number of fused-ring (bicyclic) bond motifs is 1. The molecule has 128 valence electrons. The number of aromatic nitrogens is 1. The van der Waals surface area contributed by atoms with Gasteiger partial charge in [0.25, 0.3) is 0 Å². The van der Waals surface area contributed by atoms with Crippen LogP contribution in [0, 0.1) is 6.92 Å². The normalized spacial score (nSPS) is 10.7. The molecule has 0 bridgehead atoms. The number of nitrogens with one attached hydrogen (secondary N) is 1. The van der Waals surface area contributed by atoms with Crippen LogP contribution in [0.1, 0.15) is 28.5 Å². The van der Waals surface area contributed by atoms with Gasteiger partial charge in [-0.05, 0) is 60.9 Å². The minimum absolute atomic E-state index is 0.288. The van der Waals surface area contributed by atoms with Gasteiger partial charge in [0.2, 0.25) is 0 Å². The summed E-state index contributed by atoms with van der Waals surface area (Å²) in [7, 11) is 1.36. The van der Waals surface area contributed by atoms with E-state index in [1.54, 1.807) is 6.07 Å². The first-order valence-electron chi connectivity index (χ1n) is 8.07. The lowest BCUT2D eigenvalue weighted by atomic mass is 10.1. The van der Waals surface area contributed by atoms with Crippen molar-refractivity contribution in [1.29, 1.82) is 0 Å². The highest BCUT2D eigenvalue weighted by atomic mass is 79.9.